The number of nitrogens with one attached hydrogen (secondary N) is 1. The first-order chi connectivity index (χ1) is 13.7. The van der Waals surface area contributed by atoms with Crippen molar-refractivity contribution in [3.63, 3.8) is 0 Å². The number of carboxylic acid groups (broad SMARTS) is 1. The highest BCUT2D eigenvalue weighted by molar-refractivity contribution is 5.69. The Morgan fingerprint density at radius 2 is 1.90 bits per heavy atom. The van der Waals surface area contributed by atoms with Crippen molar-refractivity contribution in [3.8, 4) is 6.07 Å². The molecule has 3 rings (SSSR count). The number of nitriles is 1. The summed E-state index contributed by atoms with van der Waals surface area (Å²) >= 11 is 0. The molecule has 13 nitrogen and oxygen atoms in total. The number of aromatic amines is 1. The Morgan fingerprint density at radius 1 is 1.24 bits per heavy atom. The number of H-pyrrole nitrogens is 1. The van der Waals surface area contributed by atoms with E-state index in [0.29, 0.717) is 32.1 Å². The lowest BCUT2D eigenvalue weighted by atomic mass is 10.2. The zero-order chi connectivity index (χ0) is 21.4. The lowest BCUT2D eigenvalue weighted by Crippen LogP contribution is -2.49. The fraction of sp³-hybridized carbons (Fsp3) is 0.750. The van der Waals surface area contributed by atoms with Crippen LogP contribution < -0.4 is 0 Å². The van der Waals surface area contributed by atoms with Crippen LogP contribution in [0.5, 0.6) is 0 Å². The van der Waals surface area contributed by atoms with Crippen LogP contribution in [0.15, 0.2) is 0 Å². The molecule has 13 heteroatoms. The Labute approximate surface area is 167 Å². The number of aromatic nitrogens is 4. The number of hydrogen-bond donors (Lipinski definition) is 2. The first kappa shape index (κ1) is 22.3. The molecular formula is C16H25N7O6. The number of nitrogens with zero attached hydrogens (tertiary/aromatic N) is 6. The van der Waals surface area contributed by atoms with E-state index in [2.05, 4.69) is 20.6 Å². The second-order valence-electron chi connectivity index (χ2n) is 7.23. The summed E-state index contributed by atoms with van der Waals surface area (Å²) in [5, 5.41) is 30.9. The Bertz CT molecular complexity index is 714. The van der Waals surface area contributed by atoms with Gasteiger partial charge in [-0.15, -0.1) is 10.2 Å². The fourth-order valence-corrected chi connectivity index (χ4v) is 2.61. The van der Waals surface area contributed by atoms with Crippen LogP contribution in [0.3, 0.4) is 0 Å². The van der Waals surface area contributed by atoms with E-state index < -0.39 is 29.9 Å². The summed E-state index contributed by atoms with van der Waals surface area (Å²) in [7, 11) is 0. The summed E-state index contributed by atoms with van der Waals surface area (Å²) in [6, 6.07) is 1.03. The van der Waals surface area contributed by atoms with Gasteiger partial charge >= 0.3 is 12.2 Å². The molecule has 160 valence electrons. The first-order valence-electron chi connectivity index (χ1n) is 9.00. The lowest BCUT2D eigenvalue weighted by molar-refractivity contribution is -0.0202. The SMILES string of the molecule is CC(C)(C)OC(=O)N1CCOCC1C#N.O=C(O)N1CCOCC1c1nn[nH]n1. The van der Waals surface area contributed by atoms with E-state index in [1.165, 1.54) is 9.80 Å². The van der Waals surface area contributed by atoms with E-state index in [0.717, 1.165) is 0 Å². The van der Waals surface area contributed by atoms with Gasteiger partial charge in [0.1, 0.15) is 17.7 Å². The van der Waals surface area contributed by atoms with E-state index in [1.807, 2.05) is 6.07 Å². The van der Waals surface area contributed by atoms with Crippen LogP contribution in [0, 0.1) is 11.3 Å². The van der Waals surface area contributed by atoms with Gasteiger partial charge in [0.2, 0.25) is 0 Å². The van der Waals surface area contributed by atoms with E-state index >= 15 is 0 Å². The predicted octanol–water partition coefficient (Wildman–Crippen LogP) is 0.397. The maximum Gasteiger partial charge on any atom is 0.411 e. The molecule has 1 aromatic heterocycles. The minimum atomic E-state index is -0.997. The Kier molecular flexibility index (Phi) is 7.68. The van der Waals surface area contributed by atoms with Crippen LogP contribution in [0.2, 0.25) is 0 Å². The highest BCUT2D eigenvalue weighted by Gasteiger charge is 2.32. The zero-order valence-corrected chi connectivity index (χ0v) is 16.6. The molecule has 0 saturated carbocycles. The van der Waals surface area contributed by atoms with E-state index in [1.54, 1.807) is 20.8 Å². The largest absolute Gasteiger partial charge is 0.465 e. The molecule has 0 radical (unpaired) electrons. The van der Waals surface area contributed by atoms with Gasteiger partial charge in [-0.3, -0.25) is 9.80 Å². The Morgan fingerprint density at radius 3 is 2.45 bits per heavy atom. The van der Waals surface area contributed by atoms with Gasteiger partial charge in [-0.2, -0.15) is 10.5 Å². The third-order valence-corrected chi connectivity index (χ3v) is 3.94. The van der Waals surface area contributed by atoms with Crippen LogP contribution in [0.4, 0.5) is 9.59 Å². The zero-order valence-electron chi connectivity index (χ0n) is 16.6. The van der Waals surface area contributed by atoms with Crippen LogP contribution in [-0.4, -0.2) is 98.9 Å². The number of carbonyl (C=O) groups excluding carboxylic acids is 1. The smallest absolute Gasteiger partial charge is 0.411 e. The number of tetrazole rings is 1. The van der Waals surface area contributed by atoms with E-state index in [4.69, 9.17) is 24.6 Å². The summed E-state index contributed by atoms with van der Waals surface area (Å²) < 4.78 is 15.5. The lowest BCUT2D eigenvalue weighted by Gasteiger charge is -2.33. The van der Waals surface area contributed by atoms with Gasteiger partial charge in [0.25, 0.3) is 0 Å². The minimum Gasteiger partial charge on any atom is -0.465 e. The molecule has 2 fully saturated rings. The Balaban J connectivity index is 0.000000207. The molecule has 0 aliphatic carbocycles. The van der Waals surface area contributed by atoms with Crippen LogP contribution >= 0.6 is 0 Å². The van der Waals surface area contributed by atoms with Crippen molar-refractivity contribution >= 4 is 12.2 Å². The number of carbonyl (C=O) groups is 2. The number of hydrogen-bond acceptors (Lipinski definition) is 9. The standard InChI is InChI=1S/C10H16N2O3.C6H9N5O3/c1-10(2,3)15-9(13)12-4-5-14-7-8(12)6-11;12-6(13)11-1-2-14-3-4(11)5-7-9-10-8-5/h8H,4-5,7H2,1-3H3;4H,1-3H2,(H,12,13)(H,7,8,9,10). The topological polar surface area (TPSA) is 167 Å². The molecule has 2 N–H and O–H groups in total. The molecular weight excluding hydrogens is 386 g/mol. The van der Waals surface area contributed by atoms with Gasteiger partial charge in [0, 0.05) is 13.1 Å². The molecule has 2 aliphatic rings. The monoisotopic (exact) mass is 411 g/mol. The van der Waals surface area contributed by atoms with Crippen LogP contribution in [0.25, 0.3) is 0 Å². The van der Waals surface area contributed by atoms with Gasteiger partial charge in [0.15, 0.2) is 5.82 Å². The first-order valence-corrected chi connectivity index (χ1v) is 9.00. The van der Waals surface area contributed by atoms with Crippen molar-refractivity contribution in [2.45, 2.75) is 38.5 Å². The molecule has 2 amide bonds. The Hall–Kier alpha value is -2.98. The van der Waals surface area contributed by atoms with Crippen LogP contribution in [0.1, 0.15) is 32.6 Å². The molecule has 0 spiro atoms. The van der Waals surface area contributed by atoms with Crippen LogP contribution in [-0.2, 0) is 14.2 Å². The highest BCUT2D eigenvalue weighted by atomic mass is 16.6. The average molecular weight is 411 g/mol. The van der Waals surface area contributed by atoms with Crippen molar-refractivity contribution < 1.29 is 28.9 Å². The number of morpholine rings is 2. The number of amides is 2. The summed E-state index contributed by atoms with van der Waals surface area (Å²) in [5.74, 6) is 0.340. The van der Waals surface area contributed by atoms with E-state index in [9.17, 15) is 9.59 Å². The van der Waals surface area contributed by atoms with Crippen molar-refractivity contribution in [1.82, 2.24) is 30.4 Å². The molecule has 1 aromatic rings. The number of rotatable bonds is 1. The molecule has 3 heterocycles. The molecule has 2 saturated heterocycles. The van der Waals surface area contributed by atoms with Crippen molar-refractivity contribution in [2.75, 3.05) is 39.5 Å². The molecule has 2 unspecified atom stereocenters. The fourth-order valence-electron chi connectivity index (χ4n) is 2.61. The molecule has 0 bridgehead atoms. The third-order valence-electron chi connectivity index (χ3n) is 3.94. The quantitative estimate of drug-likeness (QED) is 0.660. The summed E-state index contributed by atoms with van der Waals surface area (Å²) in [6.45, 7) is 7.52. The average Bonchev–Trinajstić information content (AvgIpc) is 3.22. The molecule has 29 heavy (non-hydrogen) atoms. The highest BCUT2D eigenvalue weighted by Crippen LogP contribution is 2.20. The van der Waals surface area contributed by atoms with Crippen molar-refractivity contribution in [3.05, 3.63) is 5.82 Å². The van der Waals surface area contributed by atoms with Gasteiger partial charge in [-0.05, 0) is 20.8 Å². The minimum absolute atomic E-state index is 0.260. The molecule has 2 aliphatic heterocycles. The maximum absolute atomic E-state index is 11.7. The second-order valence-corrected chi connectivity index (χ2v) is 7.23. The summed E-state index contributed by atoms with van der Waals surface area (Å²) in [4.78, 5) is 25.2. The van der Waals surface area contributed by atoms with Gasteiger partial charge in [-0.25, -0.2) is 9.59 Å². The van der Waals surface area contributed by atoms with E-state index in [-0.39, 0.29) is 13.2 Å². The number of ether oxygens (including phenoxy) is 3. The maximum atomic E-state index is 11.7. The summed E-state index contributed by atoms with van der Waals surface area (Å²) in [6.07, 6.45) is -1.44. The molecule has 2 atom stereocenters. The predicted molar refractivity (Wildman–Crippen MR) is 95.6 cm³/mol. The third kappa shape index (κ3) is 6.54. The van der Waals surface area contributed by atoms with Gasteiger partial charge in [0.05, 0.1) is 32.5 Å². The van der Waals surface area contributed by atoms with Crippen molar-refractivity contribution in [1.29, 1.82) is 5.26 Å². The van der Waals surface area contributed by atoms with Gasteiger partial charge < -0.3 is 19.3 Å². The second kappa shape index (κ2) is 9.99. The normalized spacial score (nSPS) is 22.1. The van der Waals surface area contributed by atoms with Gasteiger partial charge in [-0.1, -0.05) is 5.21 Å². The molecule has 0 aromatic carbocycles. The van der Waals surface area contributed by atoms with Crippen molar-refractivity contribution in [2.24, 2.45) is 0 Å². The summed E-state index contributed by atoms with van der Waals surface area (Å²) in [5.41, 5.74) is -0.532.